The summed E-state index contributed by atoms with van der Waals surface area (Å²) in [4.78, 5) is 8.93. The van der Waals surface area contributed by atoms with Crippen LogP contribution in [0.3, 0.4) is 0 Å². The van der Waals surface area contributed by atoms with Gasteiger partial charge in [-0.25, -0.2) is 0 Å². The average Bonchev–Trinajstić information content (AvgIpc) is 3.12. The van der Waals surface area contributed by atoms with Crippen LogP contribution in [0.15, 0.2) is 41.7 Å². The Morgan fingerprint density at radius 1 is 1.30 bits per heavy atom. The zero-order chi connectivity index (χ0) is 16.0. The summed E-state index contributed by atoms with van der Waals surface area (Å²) in [5.74, 6) is 0.785. The van der Waals surface area contributed by atoms with E-state index in [2.05, 4.69) is 34.2 Å². The van der Waals surface area contributed by atoms with E-state index >= 15 is 0 Å². The van der Waals surface area contributed by atoms with Crippen LogP contribution >= 0.6 is 11.6 Å². The number of nitrogens with one attached hydrogen (secondary N) is 1. The van der Waals surface area contributed by atoms with Gasteiger partial charge in [0.1, 0.15) is 5.69 Å². The lowest BCUT2D eigenvalue weighted by Crippen LogP contribution is -2.13. The van der Waals surface area contributed by atoms with Crippen LogP contribution in [0.2, 0.25) is 5.02 Å². The molecule has 0 spiro atoms. The van der Waals surface area contributed by atoms with E-state index in [1.807, 2.05) is 35.1 Å². The number of hydrogen-bond donors (Lipinski definition) is 1. The molecule has 1 aliphatic heterocycles. The number of pyridine rings is 1. The summed E-state index contributed by atoms with van der Waals surface area (Å²) in [6, 6.07) is 8.19. The minimum atomic E-state index is 0.263. The molecule has 5 nitrogen and oxygen atoms in total. The first-order valence-corrected chi connectivity index (χ1v) is 7.94. The van der Waals surface area contributed by atoms with Crippen LogP contribution in [0.25, 0.3) is 10.9 Å². The molecule has 3 heterocycles. The van der Waals surface area contributed by atoms with E-state index in [-0.39, 0.29) is 6.04 Å². The molecule has 116 valence electrons. The molecule has 0 saturated carbocycles. The van der Waals surface area contributed by atoms with Gasteiger partial charge in [-0.05, 0) is 32.0 Å². The van der Waals surface area contributed by atoms with Gasteiger partial charge in [0, 0.05) is 28.9 Å². The highest BCUT2D eigenvalue weighted by Gasteiger charge is 2.18. The number of halogens is 1. The Kier molecular flexibility index (Phi) is 3.31. The quantitative estimate of drug-likeness (QED) is 0.773. The molecule has 23 heavy (non-hydrogen) atoms. The minimum absolute atomic E-state index is 0.263. The van der Waals surface area contributed by atoms with Crippen LogP contribution in [-0.4, -0.2) is 20.6 Å². The third kappa shape index (κ3) is 2.37. The van der Waals surface area contributed by atoms with Gasteiger partial charge in [-0.15, -0.1) is 0 Å². The van der Waals surface area contributed by atoms with Crippen molar-refractivity contribution in [2.24, 2.45) is 4.99 Å². The number of nitrogens with zero attached hydrogens (tertiary/aromatic N) is 4. The normalized spacial score (nSPS) is 13.5. The molecule has 0 saturated heterocycles. The molecular weight excluding hydrogens is 310 g/mol. The molecule has 3 aromatic rings. The van der Waals surface area contributed by atoms with Crippen molar-refractivity contribution in [2.75, 3.05) is 5.32 Å². The van der Waals surface area contributed by atoms with Crippen molar-refractivity contribution in [1.29, 1.82) is 0 Å². The van der Waals surface area contributed by atoms with Gasteiger partial charge in [0.05, 0.1) is 23.3 Å². The van der Waals surface area contributed by atoms with Crippen LogP contribution in [0.1, 0.15) is 31.1 Å². The van der Waals surface area contributed by atoms with Gasteiger partial charge in [0.2, 0.25) is 0 Å². The molecule has 0 atom stereocenters. The van der Waals surface area contributed by atoms with Crippen molar-refractivity contribution in [3.8, 4) is 0 Å². The highest BCUT2D eigenvalue weighted by Crippen LogP contribution is 2.30. The predicted molar refractivity (Wildman–Crippen MR) is 93.2 cm³/mol. The zero-order valence-electron chi connectivity index (χ0n) is 12.9. The standard InChI is InChI=1S/C17H16ClN5/c1-10(2)23-16-12(9-21-23)6-13(7-14(16)18)22-17-15-11(8-20-17)4-3-5-19-15/h3-7,9-10H,8H2,1-2H3,(H,20,22). The summed E-state index contributed by atoms with van der Waals surface area (Å²) in [5, 5.41) is 9.45. The lowest BCUT2D eigenvalue weighted by atomic mass is 10.2. The molecule has 0 unspecified atom stereocenters. The molecule has 0 aliphatic carbocycles. The van der Waals surface area contributed by atoms with E-state index in [1.54, 1.807) is 6.20 Å². The fraction of sp³-hybridized carbons (Fsp3) is 0.235. The maximum absolute atomic E-state index is 6.48. The number of aliphatic imine (C=N–C) groups is 1. The fourth-order valence-corrected chi connectivity index (χ4v) is 3.17. The second-order valence-corrected chi connectivity index (χ2v) is 6.29. The Labute approximate surface area is 139 Å². The lowest BCUT2D eigenvalue weighted by Gasteiger charge is -2.11. The maximum atomic E-state index is 6.48. The van der Waals surface area contributed by atoms with Gasteiger partial charge >= 0.3 is 0 Å². The van der Waals surface area contributed by atoms with Crippen molar-refractivity contribution < 1.29 is 0 Å². The molecule has 4 rings (SSSR count). The molecule has 1 aromatic carbocycles. The van der Waals surface area contributed by atoms with Gasteiger partial charge in [0.25, 0.3) is 0 Å². The second kappa shape index (κ2) is 5.35. The number of aromatic nitrogens is 3. The van der Waals surface area contributed by atoms with Crippen molar-refractivity contribution in [3.63, 3.8) is 0 Å². The first kappa shape index (κ1) is 14.2. The first-order chi connectivity index (χ1) is 11.1. The minimum Gasteiger partial charge on any atom is -0.339 e. The van der Waals surface area contributed by atoms with Crippen LogP contribution in [0, 0.1) is 0 Å². The summed E-state index contributed by atoms with van der Waals surface area (Å²) >= 11 is 6.48. The lowest BCUT2D eigenvalue weighted by molar-refractivity contribution is 0.551. The van der Waals surface area contributed by atoms with Gasteiger partial charge in [-0.2, -0.15) is 5.10 Å². The third-order valence-electron chi connectivity index (χ3n) is 3.92. The molecule has 1 aliphatic rings. The number of amidine groups is 1. The Morgan fingerprint density at radius 3 is 3.00 bits per heavy atom. The van der Waals surface area contributed by atoms with Crippen LogP contribution in [-0.2, 0) is 6.54 Å². The van der Waals surface area contributed by atoms with Crippen molar-refractivity contribution in [2.45, 2.75) is 26.4 Å². The SMILES string of the molecule is CC(C)n1ncc2cc(NC3=NCc4cccnc43)cc(Cl)c21. The maximum Gasteiger partial charge on any atom is 0.152 e. The molecule has 0 fully saturated rings. The number of rotatable bonds is 2. The molecule has 0 radical (unpaired) electrons. The summed E-state index contributed by atoms with van der Waals surface area (Å²) in [7, 11) is 0. The molecule has 0 amide bonds. The van der Waals surface area contributed by atoms with Crippen molar-refractivity contribution >= 4 is 34.0 Å². The molecule has 1 N–H and O–H groups in total. The van der Waals surface area contributed by atoms with E-state index in [4.69, 9.17) is 11.6 Å². The van der Waals surface area contributed by atoms with Gasteiger partial charge < -0.3 is 5.32 Å². The average molecular weight is 326 g/mol. The Balaban J connectivity index is 1.71. The topological polar surface area (TPSA) is 55.1 Å². The van der Waals surface area contributed by atoms with Crippen LogP contribution < -0.4 is 5.32 Å². The number of fused-ring (bicyclic) bond motifs is 2. The predicted octanol–water partition coefficient (Wildman–Crippen LogP) is 4.04. The summed E-state index contributed by atoms with van der Waals surface area (Å²) < 4.78 is 1.94. The van der Waals surface area contributed by atoms with Crippen LogP contribution in [0.4, 0.5) is 5.69 Å². The van der Waals surface area contributed by atoms with E-state index in [1.165, 1.54) is 0 Å². The Hall–Kier alpha value is -2.40. The molecule has 2 aromatic heterocycles. The third-order valence-corrected chi connectivity index (χ3v) is 4.21. The highest BCUT2D eigenvalue weighted by atomic mass is 35.5. The van der Waals surface area contributed by atoms with Gasteiger partial charge in [-0.1, -0.05) is 17.7 Å². The largest absolute Gasteiger partial charge is 0.339 e. The second-order valence-electron chi connectivity index (χ2n) is 5.88. The van der Waals surface area contributed by atoms with Crippen molar-refractivity contribution in [1.82, 2.24) is 14.8 Å². The monoisotopic (exact) mass is 325 g/mol. The number of anilines is 1. The number of hydrogen-bond acceptors (Lipinski definition) is 4. The Bertz CT molecular complexity index is 926. The molecule has 0 bridgehead atoms. The van der Waals surface area contributed by atoms with E-state index in [0.29, 0.717) is 11.6 Å². The van der Waals surface area contributed by atoms with Gasteiger partial charge in [0.15, 0.2) is 5.84 Å². The molecular formula is C17H16ClN5. The highest BCUT2D eigenvalue weighted by molar-refractivity contribution is 6.35. The number of benzene rings is 1. The van der Waals surface area contributed by atoms with Crippen molar-refractivity contribution in [3.05, 3.63) is 52.9 Å². The summed E-state index contributed by atoms with van der Waals surface area (Å²) in [6.45, 7) is 4.84. The van der Waals surface area contributed by atoms with E-state index in [9.17, 15) is 0 Å². The zero-order valence-corrected chi connectivity index (χ0v) is 13.7. The Morgan fingerprint density at radius 2 is 2.17 bits per heavy atom. The first-order valence-electron chi connectivity index (χ1n) is 7.56. The fourth-order valence-electron chi connectivity index (χ4n) is 2.86. The van der Waals surface area contributed by atoms with Gasteiger partial charge in [-0.3, -0.25) is 14.7 Å². The van der Waals surface area contributed by atoms with E-state index in [0.717, 1.165) is 33.7 Å². The van der Waals surface area contributed by atoms with Crippen LogP contribution in [0.5, 0.6) is 0 Å². The smallest absolute Gasteiger partial charge is 0.152 e. The van der Waals surface area contributed by atoms with E-state index < -0.39 is 0 Å². The molecule has 6 heteroatoms. The summed E-state index contributed by atoms with van der Waals surface area (Å²) in [6.07, 6.45) is 3.62. The summed E-state index contributed by atoms with van der Waals surface area (Å²) in [5.41, 5.74) is 3.89.